The van der Waals surface area contributed by atoms with Crippen molar-refractivity contribution >= 4 is 40.6 Å². The van der Waals surface area contributed by atoms with Gasteiger partial charge in [-0.3, -0.25) is 19.5 Å². The summed E-state index contributed by atoms with van der Waals surface area (Å²) in [6.07, 6.45) is 1.59. The van der Waals surface area contributed by atoms with E-state index in [1.54, 1.807) is 48.0 Å². The standard InChI is InChI=1S/C21H22ClN5O2S/c1-13-8-9-14(22)11-17(13)27(20(29)16-12-30-26-25-16)18(15-7-5-6-10-23-15)19(28)24-21(2,3)4/h5-12,18H,1-4H3,(H,24,28). The van der Waals surface area contributed by atoms with Crippen molar-refractivity contribution in [1.82, 2.24) is 19.9 Å². The van der Waals surface area contributed by atoms with Crippen LogP contribution in [0.1, 0.15) is 48.6 Å². The topological polar surface area (TPSA) is 88.1 Å². The highest BCUT2D eigenvalue weighted by atomic mass is 35.5. The number of pyridine rings is 1. The third kappa shape index (κ3) is 5.01. The summed E-state index contributed by atoms with van der Waals surface area (Å²) in [6.45, 7) is 7.48. The number of nitrogens with one attached hydrogen (secondary N) is 1. The minimum Gasteiger partial charge on any atom is -0.349 e. The number of hydrogen-bond acceptors (Lipinski definition) is 6. The average Bonchev–Trinajstić information content (AvgIpc) is 3.21. The summed E-state index contributed by atoms with van der Waals surface area (Å²) in [5, 5.41) is 8.87. The first-order valence-electron chi connectivity index (χ1n) is 9.27. The van der Waals surface area contributed by atoms with Gasteiger partial charge in [0.2, 0.25) is 5.91 Å². The number of carbonyl (C=O) groups is 2. The molecule has 156 valence electrons. The van der Waals surface area contributed by atoms with Gasteiger partial charge in [0.05, 0.1) is 5.69 Å². The molecule has 2 aromatic heterocycles. The summed E-state index contributed by atoms with van der Waals surface area (Å²) >= 11 is 7.31. The lowest BCUT2D eigenvalue weighted by atomic mass is 10.0. The fraction of sp³-hybridized carbons (Fsp3) is 0.286. The number of carbonyl (C=O) groups excluding carboxylic acids is 2. The van der Waals surface area contributed by atoms with Gasteiger partial charge in [0.1, 0.15) is 0 Å². The molecule has 0 aliphatic heterocycles. The second-order valence-electron chi connectivity index (χ2n) is 7.79. The molecule has 2 heterocycles. The van der Waals surface area contributed by atoms with Crippen LogP contribution in [0.5, 0.6) is 0 Å². The van der Waals surface area contributed by atoms with Crippen LogP contribution in [0.25, 0.3) is 0 Å². The van der Waals surface area contributed by atoms with Crippen molar-refractivity contribution in [3.63, 3.8) is 0 Å². The first kappa shape index (κ1) is 21.9. The fourth-order valence-corrected chi connectivity index (χ4v) is 3.54. The first-order chi connectivity index (χ1) is 14.2. The summed E-state index contributed by atoms with van der Waals surface area (Å²) in [5.41, 5.74) is 1.34. The molecular formula is C21H22ClN5O2S. The fourth-order valence-electron chi connectivity index (χ4n) is 2.95. The number of anilines is 1. The maximum absolute atomic E-state index is 13.5. The van der Waals surface area contributed by atoms with Gasteiger partial charge in [-0.2, -0.15) is 0 Å². The van der Waals surface area contributed by atoms with Crippen LogP contribution in [0.2, 0.25) is 5.02 Å². The van der Waals surface area contributed by atoms with E-state index in [0.717, 1.165) is 17.1 Å². The molecule has 3 rings (SSSR count). The maximum Gasteiger partial charge on any atom is 0.280 e. The highest BCUT2D eigenvalue weighted by Crippen LogP contribution is 2.33. The van der Waals surface area contributed by atoms with E-state index >= 15 is 0 Å². The molecule has 0 bridgehead atoms. The number of amides is 2. The molecule has 2 amide bonds. The molecular weight excluding hydrogens is 422 g/mol. The van der Waals surface area contributed by atoms with E-state index in [1.807, 2.05) is 27.7 Å². The van der Waals surface area contributed by atoms with Crippen molar-refractivity contribution in [1.29, 1.82) is 0 Å². The number of aromatic nitrogens is 3. The van der Waals surface area contributed by atoms with E-state index in [0.29, 0.717) is 16.4 Å². The van der Waals surface area contributed by atoms with Gasteiger partial charge in [0.25, 0.3) is 5.91 Å². The summed E-state index contributed by atoms with van der Waals surface area (Å²) in [5.74, 6) is -0.828. The number of nitrogens with zero attached hydrogens (tertiary/aromatic N) is 4. The second-order valence-corrected chi connectivity index (χ2v) is 8.84. The lowest BCUT2D eigenvalue weighted by Crippen LogP contribution is -2.50. The minimum absolute atomic E-state index is 0.142. The summed E-state index contributed by atoms with van der Waals surface area (Å²) in [6, 6.07) is 9.41. The van der Waals surface area contributed by atoms with Crippen molar-refractivity contribution in [3.05, 3.63) is 69.9 Å². The summed E-state index contributed by atoms with van der Waals surface area (Å²) in [4.78, 5) is 32.7. The molecule has 0 aliphatic carbocycles. The van der Waals surface area contributed by atoms with Gasteiger partial charge in [-0.05, 0) is 69.1 Å². The van der Waals surface area contributed by atoms with E-state index in [-0.39, 0.29) is 11.6 Å². The molecule has 1 atom stereocenters. The van der Waals surface area contributed by atoms with Crippen LogP contribution in [0.15, 0.2) is 48.0 Å². The van der Waals surface area contributed by atoms with Gasteiger partial charge in [-0.25, -0.2) is 0 Å². The molecule has 0 fully saturated rings. The Balaban J connectivity index is 2.21. The van der Waals surface area contributed by atoms with E-state index in [2.05, 4.69) is 19.9 Å². The van der Waals surface area contributed by atoms with Crippen molar-refractivity contribution < 1.29 is 9.59 Å². The van der Waals surface area contributed by atoms with Gasteiger partial charge in [-0.1, -0.05) is 28.2 Å². The van der Waals surface area contributed by atoms with E-state index < -0.39 is 17.5 Å². The van der Waals surface area contributed by atoms with Crippen LogP contribution in [0.4, 0.5) is 5.69 Å². The molecule has 0 radical (unpaired) electrons. The number of aryl methyl sites for hydroxylation is 1. The Morgan fingerprint density at radius 2 is 1.97 bits per heavy atom. The number of hydrogen-bond donors (Lipinski definition) is 1. The largest absolute Gasteiger partial charge is 0.349 e. The van der Waals surface area contributed by atoms with E-state index in [1.165, 1.54) is 4.90 Å². The van der Waals surface area contributed by atoms with Crippen LogP contribution < -0.4 is 10.2 Å². The van der Waals surface area contributed by atoms with Crippen LogP contribution in [-0.2, 0) is 4.79 Å². The van der Waals surface area contributed by atoms with E-state index in [9.17, 15) is 9.59 Å². The number of halogens is 1. The van der Waals surface area contributed by atoms with Crippen molar-refractivity contribution in [2.24, 2.45) is 0 Å². The normalized spacial score (nSPS) is 12.3. The molecule has 0 spiro atoms. The Kier molecular flexibility index (Phi) is 6.48. The molecule has 30 heavy (non-hydrogen) atoms. The Morgan fingerprint density at radius 3 is 2.57 bits per heavy atom. The zero-order chi connectivity index (χ0) is 21.9. The third-order valence-electron chi connectivity index (χ3n) is 4.20. The molecule has 0 saturated carbocycles. The molecule has 1 N–H and O–H groups in total. The minimum atomic E-state index is -1.03. The highest BCUT2D eigenvalue weighted by Gasteiger charge is 2.37. The average molecular weight is 444 g/mol. The van der Waals surface area contributed by atoms with Gasteiger partial charge in [0.15, 0.2) is 11.7 Å². The van der Waals surface area contributed by atoms with Crippen LogP contribution in [-0.4, -0.2) is 31.9 Å². The Morgan fingerprint density at radius 1 is 1.20 bits per heavy atom. The van der Waals surface area contributed by atoms with Gasteiger partial charge < -0.3 is 5.32 Å². The number of rotatable bonds is 5. The SMILES string of the molecule is Cc1ccc(Cl)cc1N(C(=O)c1csnn1)C(C(=O)NC(C)(C)C)c1ccccn1. The van der Waals surface area contributed by atoms with Crippen LogP contribution in [0.3, 0.4) is 0 Å². The zero-order valence-corrected chi connectivity index (χ0v) is 18.7. The highest BCUT2D eigenvalue weighted by molar-refractivity contribution is 7.03. The molecule has 1 aromatic carbocycles. The lowest BCUT2D eigenvalue weighted by Gasteiger charge is -2.33. The molecule has 3 aromatic rings. The van der Waals surface area contributed by atoms with Crippen LogP contribution in [0, 0.1) is 6.92 Å². The third-order valence-corrected chi connectivity index (χ3v) is 4.94. The zero-order valence-electron chi connectivity index (χ0n) is 17.1. The predicted molar refractivity (Wildman–Crippen MR) is 118 cm³/mol. The molecule has 9 heteroatoms. The molecule has 1 unspecified atom stereocenters. The molecule has 7 nitrogen and oxygen atoms in total. The quantitative estimate of drug-likeness (QED) is 0.638. The molecule has 0 saturated heterocycles. The smallest absolute Gasteiger partial charge is 0.280 e. The lowest BCUT2D eigenvalue weighted by molar-refractivity contribution is -0.124. The van der Waals surface area contributed by atoms with Crippen molar-refractivity contribution in [3.8, 4) is 0 Å². The van der Waals surface area contributed by atoms with Gasteiger partial charge in [0, 0.05) is 27.8 Å². The second kappa shape index (κ2) is 8.89. The number of benzene rings is 1. The van der Waals surface area contributed by atoms with Crippen molar-refractivity contribution in [2.45, 2.75) is 39.3 Å². The summed E-state index contributed by atoms with van der Waals surface area (Å²) in [7, 11) is 0. The maximum atomic E-state index is 13.5. The van der Waals surface area contributed by atoms with Gasteiger partial charge in [-0.15, -0.1) is 5.10 Å². The van der Waals surface area contributed by atoms with Crippen molar-refractivity contribution in [2.75, 3.05) is 4.90 Å². The summed E-state index contributed by atoms with van der Waals surface area (Å²) < 4.78 is 3.80. The van der Waals surface area contributed by atoms with E-state index in [4.69, 9.17) is 11.6 Å². The monoisotopic (exact) mass is 443 g/mol. The Hall–Kier alpha value is -2.84. The Bertz CT molecular complexity index is 1040. The first-order valence-corrected chi connectivity index (χ1v) is 10.5. The van der Waals surface area contributed by atoms with Gasteiger partial charge >= 0.3 is 0 Å². The predicted octanol–water partition coefficient (Wildman–Crippen LogP) is 4.20. The molecule has 0 aliphatic rings. The van der Waals surface area contributed by atoms with Crippen LogP contribution >= 0.6 is 23.1 Å². The Labute approximate surface area is 184 Å².